The smallest absolute Gasteiger partial charge is 0.227 e. The van der Waals surface area contributed by atoms with Crippen LogP contribution in [0.4, 0.5) is 10.1 Å². The first-order valence-electron chi connectivity index (χ1n) is 10.9. The van der Waals surface area contributed by atoms with Gasteiger partial charge in [0.05, 0.1) is 5.52 Å². The molecule has 4 rings (SSSR count). The molecule has 1 amide bonds. The Balaban J connectivity index is 1.38. The van der Waals surface area contributed by atoms with E-state index >= 15 is 0 Å². The Morgan fingerprint density at radius 3 is 2.61 bits per heavy atom. The highest BCUT2D eigenvalue weighted by molar-refractivity contribution is 5.92. The minimum Gasteiger partial charge on any atom is -0.326 e. The molecule has 1 aliphatic carbocycles. The summed E-state index contributed by atoms with van der Waals surface area (Å²) < 4.78 is 13.8. The molecule has 0 spiro atoms. The van der Waals surface area contributed by atoms with Crippen LogP contribution in [0.1, 0.15) is 49.7 Å². The van der Waals surface area contributed by atoms with E-state index in [-0.39, 0.29) is 17.6 Å². The highest BCUT2D eigenvalue weighted by Gasteiger charge is 2.30. The normalized spacial score (nSPS) is 19.5. The van der Waals surface area contributed by atoms with Crippen LogP contribution in [0.5, 0.6) is 0 Å². The van der Waals surface area contributed by atoms with Crippen LogP contribution in [0.25, 0.3) is 10.9 Å². The Kier molecular flexibility index (Phi) is 6.32. The fraction of sp³-hybridized carbons (Fsp3) is 0.333. The maximum Gasteiger partial charge on any atom is 0.227 e. The molecule has 1 fully saturated rings. The summed E-state index contributed by atoms with van der Waals surface area (Å²) in [6.07, 6.45) is 11.7. The lowest BCUT2D eigenvalue weighted by molar-refractivity contribution is -0.121. The van der Waals surface area contributed by atoms with Gasteiger partial charge in [-0.2, -0.15) is 0 Å². The van der Waals surface area contributed by atoms with Crippen molar-refractivity contribution < 1.29 is 9.18 Å². The molecule has 1 saturated carbocycles. The first-order valence-corrected chi connectivity index (χ1v) is 10.9. The summed E-state index contributed by atoms with van der Waals surface area (Å²) in [4.78, 5) is 17.2. The molecule has 0 aliphatic heterocycles. The number of amides is 1. The van der Waals surface area contributed by atoms with E-state index in [0.717, 1.165) is 47.8 Å². The number of halogens is 1. The second kappa shape index (κ2) is 9.31. The average molecular weight is 415 g/mol. The van der Waals surface area contributed by atoms with Crippen molar-refractivity contribution in [2.24, 2.45) is 11.8 Å². The van der Waals surface area contributed by atoms with Crippen LogP contribution in [0, 0.1) is 30.0 Å². The molecule has 3 nitrogen and oxygen atoms in total. The summed E-state index contributed by atoms with van der Waals surface area (Å²) >= 11 is 0. The Morgan fingerprint density at radius 2 is 1.90 bits per heavy atom. The molecule has 4 heteroatoms. The van der Waals surface area contributed by atoms with E-state index in [0.29, 0.717) is 18.3 Å². The average Bonchev–Trinajstić information content (AvgIpc) is 2.80. The molecule has 3 aromatic rings. The van der Waals surface area contributed by atoms with Gasteiger partial charge in [-0.15, -0.1) is 12.3 Å². The number of hydrogen-bond acceptors (Lipinski definition) is 2. The minimum atomic E-state index is -0.229. The van der Waals surface area contributed by atoms with Gasteiger partial charge in [-0.1, -0.05) is 19.1 Å². The molecule has 1 heterocycles. The largest absolute Gasteiger partial charge is 0.326 e. The number of terminal acetylenes is 1. The van der Waals surface area contributed by atoms with E-state index in [1.807, 2.05) is 43.5 Å². The molecule has 1 aliphatic rings. The van der Waals surface area contributed by atoms with Crippen LogP contribution in [0.2, 0.25) is 0 Å². The van der Waals surface area contributed by atoms with Crippen molar-refractivity contribution in [3.8, 4) is 12.3 Å². The molecule has 0 saturated heterocycles. The fourth-order valence-electron chi connectivity index (χ4n) is 4.72. The standard InChI is InChI=1S/C27H27FN2O/c1-3-4-19-5-12-23(13-6-19)30-27(31)18(2)20-7-9-21(10-8-20)24-15-16-29-26-14-11-22(28)17-25(24)26/h1,5-6,11-18,20-21H,4,7-10H2,2H3,(H,30,31). The zero-order valence-corrected chi connectivity index (χ0v) is 17.8. The van der Waals surface area contributed by atoms with Gasteiger partial charge < -0.3 is 5.32 Å². The summed E-state index contributed by atoms with van der Waals surface area (Å²) in [5, 5.41) is 3.95. The Labute approximate surface area is 183 Å². The van der Waals surface area contributed by atoms with Crippen LogP contribution in [0.15, 0.2) is 54.7 Å². The van der Waals surface area contributed by atoms with Gasteiger partial charge >= 0.3 is 0 Å². The molecule has 1 aromatic heterocycles. The van der Waals surface area contributed by atoms with Crippen LogP contribution in [-0.4, -0.2) is 10.9 Å². The van der Waals surface area contributed by atoms with Crippen molar-refractivity contribution in [2.75, 3.05) is 5.32 Å². The Hall–Kier alpha value is -3.19. The third-order valence-corrected chi connectivity index (χ3v) is 6.60. The zero-order chi connectivity index (χ0) is 21.8. The van der Waals surface area contributed by atoms with Gasteiger partial charge in [0, 0.05) is 29.6 Å². The molecule has 1 N–H and O–H groups in total. The van der Waals surface area contributed by atoms with Gasteiger partial charge in [0.15, 0.2) is 0 Å². The second-order valence-corrected chi connectivity index (χ2v) is 8.53. The summed E-state index contributed by atoms with van der Waals surface area (Å²) in [5.41, 5.74) is 3.88. The predicted octanol–water partition coefficient (Wildman–Crippen LogP) is 6.10. The molecular weight excluding hydrogens is 387 g/mol. The molecule has 1 unspecified atom stereocenters. The maximum absolute atomic E-state index is 13.8. The number of hydrogen-bond donors (Lipinski definition) is 1. The number of pyridine rings is 1. The van der Waals surface area contributed by atoms with E-state index in [4.69, 9.17) is 6.42 Å². The third kappa shape index (κ3) is 4.77. The van der Waals surface area contributed by atoms with Crippen LogP contribution < -0.4 is 5.32 Å². The zero-order valence-electron chi connectivity index (χ0n) is 17.8. The Bertz CT molecular complexity index is 1110. The first kappa shape index (κ1) is 21.1. The molecule has 31 heavy (non-hydrogen) atoms. The van der Waals surface area contributed by atoms with Crippen molar-refractivity contribution in [2.45, 2.75) is 44.9 Å². The highest BCUT2D eigenvalue weighted by Crippen LogP contribution is 2.41. The van der Waals surface area contributed by atoms with E-state index in [2.05, 4.69) is 16.2 Å². The van der Waals surface area contributed by atoms with E-state index in [9.17, 15) is 9.18 Å². The van der Waals surface area contributed by atoms with Gasteiger partial charge in [0.1, 0.15) is 5.82 Å². The summed E-state index contributed by atoms with van der Waals surface area (Å²) in [6.45, 7) is 2.02. The topological polar surface area (TPSA) is 42.0 Å². The third-order valence-electron chi connectivity index (χ3n) is 6.60. The molecule has 0 bridgehead atoms. The number of benzene rings is 2. The molecule has 1 atom stereocenters. The van der Waals surface area contributed by atoms with Crippen LogP contribution in [-0.2, 0) is 11.2 Å². The first-order chi connectivity index (χ1) is 15.0. The SMILES string of the molecule is C#CCc1ccc(NC(=O)C(C)C2CCC(c3ccnc4ccc(F)cc34)CC2)cc1. The lowest BCUT2D eigenvalue weighted by atomic mass is 9.73. The van der Waals surface area contributed by atoms with Gasteiger partial charge in [0.2, 0.25) is 5.91 Å². The number of nitrogens with zero attached hydrogens (tertiary/aromatic N) is 1. The van der Waals surface area contributed by atoms with Crippen LogP contribution in [0.3, 0.4) is 0 Å². The number of aromatic nitrogens is 1. The van der Waals surface area contributed by atoms with E-state index in [1.54, 1.807) is 12.1 Å². The Morgan fingerprint density at radius 1 is 1.16 bits per heavy atom. The number of nitrogens with one attached hydrogen (secondary N) is 1. The lowest BCUT2D eigenvalue weighted by Gasteiger charge is -2.32. The number of carbonyl (C=O) groups excluding carboxylic acids is 1. The van der Waals surface area contributed by atoms with Gasteiger partial charge in [-0.05, 0) is 85.0 Å². The second-order valence-electron chi connectivity index (χ2n) is 8.53. The van der Waals surface area contributed by atoms with Gasteiger partial charge in [-0.25, -0.2) is 4.39 Å². The van der Waals surface area contributed by atoms with Crippen molar-refractivity contribution in [3.05, 3.63) is 71.7 Å². The molecule has 0 radical (unpaired) electrons. The molecule has 2 aromatic carbocycles. The maximum atomic E-state index is 13.8. The number of anilines is 1. The number of carbonyl (C=O) groups is 1. The van der Waals surface area contributed by atoms with Crippen molar-refractivity contribution in [3.63, 3.8) is 0 Å². The lowest BCUT2D eigenvalue weighted by Crippen LogP contribution is -2.29. The van der Waals surface area contributed by atoms with Gasteiger partial charge in [-0.3, -0.25) is 9.78 Å². The highest BCUT2D eigenvalue weighted by atomic mass is 19.1. The minimum absolute atomic E-state index is 0.0574. The quantitative estimate of drug-likeness (QED) is 0.513. The van der Waals surface area contributed by atoms with E-state index < -0.39 is 0 Å². The molecular formula is C27H27FN2O. The van der Waals surface area contributed by atoms with Crippen LogP contribution >= 0.6 is 0 Å². The summed E-state index contributed by atoms with van der Waals surface area (Å²) in [5.74, 6) is 3.12. The monoisotopic (exact) mass is 414 g/mol. The fourth-order valence-corrected chi connectivity index (χ4v) is 4.72. The van der Waals surface area contributed by atoms with E-state index in [1.165, 1.54) is 11.6 Å². The summed E-state index contributed by atoms with van der Waals surface area (Å²) in [6, 6.07) is 14.5. The predicted molar refractivity (Wildman–Crippen MR) is 123 cm³/mol. The number of rotatable bonds is 5. The summed E-state index contributed by atoms with van der Waals surface area (Å²) in [7, 11) is 0. The van der Waals surface area contributed by atoms with Crippen molar-refractivity contribution in [1.82, 2.24) is 4.98 Å². The molecule has 158 valence electrons. The van der Waals surface area contributed by atoms with Crippen molar-refractivity contribution >= 4 is 22.5 Å². The van der Waals surface area contributed by atoms with Crippen molar-refractivity contribution in [1.29, 1.82) is 0 Å². The number of fused-ring (bicyclic) bond motifs is 1. The van der Waals surface area contributed by atoms with Gasteiger partial charge in [0.25, 0.3) is 0 Å².